The van der Waals surface area contributed by atoms with E-state index in [4.69, 9.17) is 9.57 Å². The molecule has 0 unspecified atom stereocenters. The predicted molar refractivity (Wildman–Crippen MR) is 64.4 cm³/mol. The van der Waals surface area contributed by atoms with E-state index in [2.05, 4.69) is 11.2 Å². The Hall–Kier alpha value is -1.84. The van der Waals surface area contributed by atoms with Gasteiger partial charge in [0.25, 0.3) is 0 Å². The van der Waals surface area contributed by atoms with E-state index in [1.54, 1.807) is 7.11 Å². The molecule has 1 aromatic carbocycles. The van der Waals surface area contributed by atoms with E-state index >= 15 is 0 Å². The Morgan fingerprint density at radius 1 is 1.35 bits per heavy atom. The molecule has 4 nitrogen and oxygen atoms in total. The Morgan fingerprint density at radius 3 is 2.76 bits per heavy atom. The molecule has 0 saturated heterocycles. The van der Waals surface area contributed by atoms with Gasteiger partial charge < -0.3 is 9.57 Å². The summed E-state index contributed by atoms with van der Waals surface area (Å²) in [6.07, 6.45) is 1.69. The van der Waals surface area contributed by atoms with Crippen molar-refractivity contribution in [2.45, 2.75) is 26.7 Å². The predicted octanol–water partition coefficient (Wildman–Crippen LogP) is 2.22. The molecule has 0 saturated carbocycles. The lowest BCUT2D eigenvalue weighted by atomic mass is 10.1. The second-order valence-corrected chi connectivity index (χ2v) is 4.12. The maximum absolute atomic E-state index is 10.8. The van der Waals surface area contributed by atoms with E-state index in [0.29, 0.717) is 0 Å². The van der Waals surface area contributed by atoms with Gasteiger partial charge in [0.05, 0.1) is 12.8 Å². The second-order valence-electron chi connectivity index (χ2n) is 4.12. The first-order chi connectivity index (χ1) is 8.11. The van der Waals surface area contributed by atoms with Gasteiger partial charge in [-0.1, -0.05) is 11.2 Å². The summed E-state index contributed by atoms with van der Waals surface area (Å²) in [7, 11) is 1.64. The highest BCUT2D eigenvalue weighted by atomic mass is 16.7. The molecule has 0 heterocycles. The number of oxime groups is 1. The van der Waals surface area contributed by atoms with Crippen LogP contribution in [0.1, 0.15) is 30.0 Å². The normalized spacial score (nSPS) is 15.8. The third-order valence-corrected chi connectivity index (χ3v) is 2.75. The number of ether oxygens (including phenoxy) is 1. The zero-order valence-corrected chi connectivity index (χ0v) is 10.2. The Bertz CT molecular complexity index is 492. The fourth-order valence-corrected chi connectivity index (χ4v) is 2.10. The largest absolute Gasteiger partial charge is 0.496 e. The van der Waals surface area contributed by atoms with Gasteiger partial charge in [0, 0.05) is 12.5 Å². The topological polar surface area (TPSA) is 47.9 Å². The highest BCUT2D eigenvalue weighted by Crippen LogP contribution is 2.32. The van der Waals surface area contributed by atoms with Crippen molar-refractivity contribution in [2.24, 2.45) is 5.16 Å². The van der Waals surface area contributed by atoms with Crippen LogP contribution in [0.2, 0.25) is 0 Å². The van der Waals surface area contributed by atoms with Crippen LogP contribution in [0.25, 0.3) is 0 Å². The van der Waals surface area contributed by atoms with Gasteiger partial charge in [-0.3, -0.25) is 0 Å². The van der Waals surface area contributed by atoms with Gasteiger partial charge in [0.1, 0.15) is 5.75 Å². The van der Waals surface area contributed by atoms with Crippen molar-refractivity contribution in [1.82, 2.24) is 0 Å². The number of fused-ring (bicyclic) bond motifs is 1. The first-order valence-electron chi connectivity index (χ1n) is 5.54. The van der Waals surface area contributed by atoms with Gasteiger partial charge in [0.15, 0.2) is 0 Å². The van der Waals surface area contributed by atoms with E-state index in [9.17, 15) is 4.79 Å². The minimum atomic E-state index is -0.406. The van der Waals surface area contributed by atoms with Gasteiger partial charge in [0.2, 0.25) is 0 Å². The summed E-state index contributed by atoms with van der Waals surface area (Å²) in [5, 5.41) is 3.89. The number of rotatable bonds is 2. The lowest BCUT2D eigenvalue weighted by molar-refractivity contribution is -0.140. The van der Waals surface area contributed by atoms with E-state index in [0.717, 1.165) is 35.4 Å². The van der Waals surface area contributed by atoms with E-state index in [1.165, 1.54) is 12.5 Å². The van der Waals surface area contributed by atoms with Crippen LogP contribution in [0, 0.1) is 6.92 Å². The molecule has 1 aliphatic rings. The van der Waals surface area contributed by atoms with E-state index in [-0.39, 0.29) is 0 Å². The van der Waals surface area contributed by atoms with E-state index in [1.807, 2.05) is 13.0 Å². The zero-order chi connectivity index (χ0) is 12.4. The molecule has 0 spiro atoms. The number of aryl methyl sites for hydroxylation is 2. The molecule has 0 atom stereocenters. The molecule has 0 bridgehead atoms. The summed E-state index contributed by atoms with van der Waals surface area (Å²) in [5.74, 6) is 0.389. The quantitative estimate of drug-likeness (QED) is 0.581. The van der Waals surface area contributed by atoms with Crippen molar-refractivity contribution in [2.75, 3.05) is 7.11 Å². The third kappa shape index (κ3) is 2.30. The summed E-state index contributed by atoms with van der Waals surface area (Å²) in [4.78, 5) is 15.5. The van der Waals surface area contributed by atoms with Gasteiger partial charge in [-0.25, -0.2) is 4.79 Å². The van der Waals surface area contributed by atoms with Crippen molar-refractivity contribution in [1.29, 1.82) is 0 Å². The first-order valence-corrected chi connectivity index (χ1v) is 5.54. The summed E-state index contributed by atoms with van der Waals surface area (Å²) in [6.45, 7) is 3.37. The molecular formula is C13H15NO3. The SMILES string of the molecule is COc1cc(C)cc2c1/C(=N/OC(C)=O)CC2. The Kier molecular flexibility index (Phi) is 3.13. The van der Waals surface area contributed by atoms with Crippen LogP contribution in [-0.2, 0) is 16.1 Å². The summed E-state index contributed by atoms with van der Waals surface area (Å²) in [6, 6.07) is 4.08. The molecule has 1 aromatic rings. The fraction of sp³-hybridized carbons (Fsp3) is 0.385. The monoisotopic (exact) mass is 233 g/mol. The van der Waals surface area contributed by atoms with Crippen molar-refractivity contribution >= 4 is 11.7 Å². The summed E-state index contributed by atoms with van der Waals surface area (Å²) < 4.78 is 5.35. The number of carbonyl (C=O) groups excluding carboxylic acids is 1. The maximum Gasteiger partial charge on any atom is 0.331 e. The van der Waals surface area contributed by atoms with Crippen LogP contribution in [0.5, 0.6) is 5.75 Å². The van der Waals surface area contributed by atoms with Crippen molar-refractivity contribution in [3.63, 3.8) is 0 Å². The number of benzene rings is 1. The van der Waals surface area contributed by atoms with Crippen LogP contribution in [0.15, 0.2) is 17.3 Å². The van der Waals surface area contributed by atoms with Gasteiger partial charge in [-0.2, -0.15) is 0 Å². The highest BCUT2D eigenvalue weighted by molar-refractivity contribution is 6.06. The Labute approximate surface area is 100 Å². The molecule has 1 aliphatic carbocycles. The second kappa shape index (κ2) is 4.57. The number of methoxy groups -OCH3 is 1. The van der Waals surface area contributed by atoms with Gasteiger partial charge in [-0.05, 0) is 37.0 Å². The molecule has 17 heavy (non-hydrogen) atoms. The zero-order valence-electron chi connectivity index (χ0n) is 10.2. The minimum Gasteiger partial charge on any atom is -0.496 e. The van der Waals surface area contributed by atoms with Crippen LogP contribution in [-0.4, -0.2) is 18.8 Å². The number of hydrogen-bond donors (Lipinski definition) is 0. The molecule has 4 heteroatoms. The number of hydrogen-bond acceptors (Lipinski definition) is 4. The summed E-state index contributed by atoms with van der Waals surface area (Å²) in [5.41, 5.74) is 4.12. The molecule has 0 N–H and O–H groups in total. The minimum absolute atomic E-state index is 0.406. The van der Waals surface area contributed by atoms with Crippen LogP contribution >= 0.6 is 0 Å². The fourth-order valence-electron chi connectivity index (χ4n) is 2.10. The van der Waals surface area contributed by atoms with Gasteiger partial charge in [-0.15, -0.1) is 0 Å². The van der Waals surface area contributed by atoms with Crippen molar-refractivity contribution < 1.29 is 14.4 Å². The Morgan fingerprint density at radius 2 is 2.12 bits per heavy atom. The van der Waals surface area contributed by atoms with Crippen molar-refractivity contribution in [3.8, 4) is 5.75 Å². The first kappa shape index (κ1) is 11.6. The smallest absolute Gasteiger partial charge is 0.331 e. The Balaban J connectivity index is 2.42. The standard InChI is InChI=1S/C13H15NO3/c1-8-6-10-4-5-11(14-17-9(2)15)13(10)12(7-8)16-3/h6-7H,4-5H2,1-3H3/b14-11+. The number of carbonyl (C=O) groups is 1. The average Bonchev–Trinajstić information content (AvgIpc) is 2.68. The lowest BCUT2D eigenvalue weighted by Gasteiger charge is -2.08. The lowest BCUT2D eigenvalue weighted by Crippen LogP contribution is -2.02. The van der Waals surface area contributed by atoms with Crippen LogP contribution in [0.3, 0.4) is 0 Å². The average molecular weight is 233 g/mol. The van der Waals surface area contributed by atoms with Crippen molar-refractivity contribution in [3.05, 3.63) is 28.8 Å². The third-order valence-electron chi connectivity index (χ3n) is 2.75. The molecule has 0 radical (unpaired) electrons. The van der Waals surface area contributed by atoms with Crippen LogP contribution in [0.4, 0.5) is 0 Å². The molecule has 0 fully saturated rings. The number of nitrogens with zero attached hydrogens (tertiary/aromatic N) is 1. The molecule has 0 aliphatic heterocycles. The highest BCUT2D eigenvalue weighted by Gasteiger charge is 2.23. The van der Waals surface area contributed by atoms with E-state index < -0.39 is 5.97 Å². The van der Waals surface area contributed by atoms with Crippen LogP contribution < -0.4 is 4.74 Å². The molecule has 2 rings (SSSR count). The molecule has 0 amide bonds. The molecule has 90 valence electrons. The molecular weight excluding hydrogens is 218 g/mol. The maximum atomic E-state index is 10.8. The van der Waals surface area contributed by atoms with Gasteiger partial charge >= 0.3 is 5.97 Å². The molecule has 0 aromatic heterocycles. The summed E-state index contributed by atoms with van der Waals surface area (Å²) >= 11 is 0.